The van der Waals surface area contributed by atoms with E-state index in [1.54, 1.807) is 30.0 Å². The Labute approximate surface area is 200 Å². The van der Waals surface area contributed by atoms with Crippen LogP contribution in [0.25, 0.3) is 10.4 Å². The van der Waals surface area contributed by atoms with Crippen molar-refractivity contribution in [3.63, 3.8) is 0 Å². The first kappa shape index (κ1) is 23.5. The predicted molar refractivity (Wildman–Crippen MR) is 129 cm³/mol. The summed E-state index contributed by atoms with van der Waals surface area (Å²) >= 11 is 2.68. The van der Waals surface area contributed by atoms with Crippen LogP contribution in [0.3, 0.4) is 0 Å². The molecule has 3 heterocycles. The van der Waals surface area contributed by atoms with E-state index in [1.165, 1.54) is 27.6 Å². The molecule has 1 aliphatic rings. The fourth-order valence-electron chi connectivity index (χ4n) is 4.08. The number of amides is 1. The summed E-state index contributed by atoms with van der Waals surface area (Å²) in [5, 5.41) is 13.2. The van der Waals surface area contributed by atoms with Crippen LogP contribution in [0.4, 0.5) is 0 Å². The lowest BCUT2D eigenvalue weighted by Crippen LogP contribution is -2.39. The van der Waals surface area contributed by atoms with Gasteiger partial charge in [0.2, 0.25) is 0 Å². The van der Waals surface area contributed by atoms with Gasteiger partial charge in [0, 0.05) is 28.2 Å². The number of nitrogens with zero attached hydrogens (tertiary/aromatic N) is 1. The minimum Gasteiger partial charge on any atom is -0.497 e. The van der Waals surface area contributed by atoms with Gasteiger partial charge in [-0.2, -0.15) is 11.3 Å². The van der Waals surface area contributed by atoms with Crippen molar-refractivity contribution < 1.29 is 27.9 Å². The lowest BCUT2D eigenvalue weighted by molar-refractivity contribution is -0.137. The third-order valence-corrected chi connectivity index (χ3v) is 10.6. The van der Waals surface area contributed by atoms with Crippen molar-refractivity contribution >= 4 is 44.4 Å². The van der Waals surface area contributed by atoms with Crippen molar-refractivity contribution in [1.82, 2.24) is 4.90 Å². The Kier molecular flexibility index (Phi) is 6.60. The Balaban J connectivity index is 1.70. The van der Waals surface area contributed by atoms with Crippen molar-refractivity contribution in [2.45, 2.75) is 17.6 Å². The average molecular weight is 506 g/mol. The smallest absolute Gasteiger partial charge is 0.305 e. The maximum atomic E-state index is 13.5. The van der Waals surface area contributed by atoms with Crippen molar-refractivity contribution in [1.29, 1.82) is 0 Å². The third-order valence-electron chi connectivity index (χ3n) is 5.93. The molecule has 0 aliphatic carbocycles. The minimum atomic E-state index is -3.87. The Bertz CT molecular complexity index is 1250. The quantitative estimate of drug-likeness (QED) is 0.541. The lowest BCUT2D eigenvalue weighted by atomic mass is 9.97. The average Bonchev–Trinajstić information content (AvgIpc) is 3.48. The van der Waals surface area contributed by atoms with Crippen LogP contribution in [0, 0.1) is 0 Å². The van der Waals surface area contributed by atoms with Gasteiger partial charge in [-0.25, -0.2) is 8.42 Å². The Morgan fingerprint density at radius 3 is 2.52 bits per heavy atom. The molecule has 3 aromatic rings. The Morgan fingerprint density at radius 1 is 1.12 bits per heavy atom. The SMILES string of the molecule is COc1ccc(-c2ccc([C@@]3(CC(=O)O)CCN(C(=O)c4ccsc4)CCS3(=O)=O)s2)cc1. The van der Waals surface area contributed by atoms with Gasteiger partial charge < -0.3 is 14.7 Å². The van der Waals surface area contributed by atoms with Gasteiger partial charge in [0.25, 0.3) is 5.91 Å². The van der Waals surface area contributed by atoms with Crippen LogP contribution < -0.4 is 4.74 Å². The number of carbonyl (C=O) groups is 2. The van der Waals surface area contributed by atoms with Crippen molar-refractivity contribution in [2.24, 2.45) is 0 Å². The second-order valence-corrected chi connectivity index (χ2v) is 12.1. The first-order valence-electron chi connectivity index (χ1n) is 10.3. The molecule has 0 unspecified atom stereocenters. The van der Waals surface area contributed by atoms with Crippen molar-refractivity contribution in [2.75, 3.05) is 26.0 Å². The highest BCUT2D eigenvalue weighted by molar-refractivity contribution is 7.92. The molecule has 1 aromatic carbocycles. The fourth-order valence-corrected chi connectivity index (χ4v) is 8.31. The summed E-state index contributed by atoms with van der Waals surface area (Å²) in [6.07, 6.45) is -0.515. The zero-order chi connectivity index (χ0) is 23.6. The molecule has 0 spiro atoms. The summed E-state index contributed by atoms with van der Waals surface area (Å²) in [5.74, 6) is -0.996. The molecule has 1 saturated heterocycles. The van der Waals surface area contributed by atoms with Crippen LogP contribution in [0.5, 0.6) is 5.75 Å². The van der Waals surface area contributed by atoms with Crippen LogP contribution in [-0.2, 0) is 19.4 Å². The van der Waals surface area contributed by atoms with E-state index in [1.807, 2.05) is 30.3 Å². The molecule has 174 valence electrons. The number of sulfone groups is 1. The van der Waals surface area contributed by atoms with E-state index in [0.717, 1.165) is 10.4 Å². The summed E-state index contributed by atoms with van der Waals surface area (Å²) in [6.45, 7) is 0.200. The number of hydrogen-bond acceptors (Lipinski definition) is 7. The normalized spacial score (nSPS) is 20.2. The van der Waals surface area contributed by atoms with E-state index < -0.39 is 27.0 Å². The second kappa shape index (κ2) is 9.28. The van der Waals surface area contributed by atoms with Crippen molar-refractivity contribution in [3.8, 4) is 16.2 Å². The van der Waals surface area contributed by atoms with Gasteiger partial charge in [0.05, 0.1) is 24.8 Å². The highest BCUT2D eigenvalue weighted by atomic mass is 32.2. The van der Waals surface area contributed by atoms with Crippen LogP contribution >= 0.6 is 22.7 Å². The molecule has 7 nitrogen and oxygen atoms in total. The van der Waals surface area contributed by atoms with Gasteiger partial charge in [-0.1, -0.05) is 0 Å². The number of carbonyl (C=O) groups excluding carboxylic acids is 1. The zero-order valence-corrected chi connectivity index (χ0v) is 20.3. The molecular weight excluding hydrogens is 482 g/mol. The molecule has 2 aromatic heterocycles. The number of aliphatic carboxylic acids is 1. The number of methoxy groups -OCH3 is 1. The zero-order valence-electron chi connectivity index (χ0n) is 17.9. The summed E-state index contributed by atoms with van der Waals surface area (Å²) < 4.78 is 30.7. The van der Waals surface area contributed by atoms with Crippen LogP contribution in [0.15, 0.2) is 53.2 Å². The van der Waals surface area contributed by atoms with E-state index in [2.05, 4.69) is 0 Å². The van der Waals surface area contributed by atoms with E-state index >= 15 is 0 Å². The van der Waals surface area contributed by atoms with Crippen LogP contribution in [-0.4, -0.2) is 56.3 Å². The molecule has 1 N–H and O–H groups in total. The number of benzene rings is 1. The molecule has 4 rings (SSSR count). The minimum absolute atomic E-state index is 0.0279. The standard InChI is InChI=1S/C23H23NO6S3/c1-30-18-4-2-16(3-5-18)19-6-7-20(32-19)23(14-21(25)26)9-10-24(11-13-33(23,28)29)22(27)17-8-12-31-15-17/h2-8,12,15H,9-11,13-14H2,1H3,(H,25,26)/t23-/m0/s1. The highest BCUT2D eigenvalue weighted by Crippen LogP contribution is 2.45. The number of rotatable bonds is 6. The maximum absolute atomic E-state index is 13.5. The van der Waals surface area contributed by atoms with E-state index in [9.17, 15) is 23.1 Å². The number of carboxylic acid groups (broad SMARTS) is 1. The number of carboxylic acids is 1. The largest absolute Gasteiger partial charge is 0.497 e. The van der Waals surface area contributed by atoms with Crippen LogP contribution in [0.1, 0.15) is 28.1 Å². The van der Waals surface area contributed by atoms with E-state index in [-0.39, 0.29) is 31.2 Å². The molecular formula is C23H23NO6S3. The second-order valence-electron chi connectivity index (χ2n) is 7.83. The number of thiophene rings is 2. The maximum Gasteiger partial charge on any atom is 0.305 e. The first-order valence-corrected chi connectivity index (χ1v) is 13.7. The number of ether oxygens (including phenoxy) is 1. The molecule has 1 atom stereocenters. The third kappa shape index (κ3) is 4.55. The van der Waals surface area contributed by atoms with Crippen LogP contribution in [0.2, 0.25) is 0 Å². The molecule has 1 aliphatic heterocycles. The van der Waals surface area contributed by atoms with Crippen molar-refractivity contribution in [3.05, 3.63) is 63.7 Å². The monoisotopic (exact) mass is 505 g/mol. The summed E-state index contributed by atoms with van der Waals surface area (Å²) in [5.41, 5.74) is 1.40. The lowest BCUT2D eigenvalue weighted by Gasteiger charge is -2.29. The van der Waals surface area contributed by atoms with Gasteiger partial charge in [-0.15, -0.1) is 11.3 Å². The summed E-state index contributed by atoms with van der Waals surface area (Å²) in [7, 11) is -2.29. The predicted octanol–water partition coefficient (Wildman–Crippen LogP) is 4.12. The Morgan fingerprint density at radius 2 is 1.88 bits per heavy atom. The van der Waals surface area contributed by atoms with E-state index in [4.69, 9.17) is 4.74 Å². The first-order chi connectivity index (χ1) is 15.8. The van der Waals surface area contributed by atoms with E-state index in [0.29, 0.717) is 16.2 Å². The molecule has 0 radical (unpaired) electrons. The van der Waals surface area contributed by atoms with Gasteiger partial charge in [-0.3, -0.25) is 9.59 Å². The molecule has 33 heavy (non-hydrogen) atoms. The summed E-state index contributed by atoms with van der Waals surface area (Å²) in [6, 6.07) is 12.6. The molecule has 0 bridgehead atoms. The fraction of sp³-hybridized carbons (Fsp3) is 0.304. The van der Waals surface area contributed by atoms with Gasteiger partial charge in [-0.05, 0) is 59.8 Å². The molecule has 1 amide bonds. The Hall–Kier alpha value is -2.69. The highest BCUT2D eigenvalue weighted by Gasteiger charge is 2.50. The van der Waals surface area contributed by atoms with Gasteiger partial charge in [0.15, 0.2) is 9.84 Å². The molecule has 0 saturated carbocycles. The van der Waals surface area contributed by atoms with Gasteiger partial charge >= 0.3 is 5.97 Å². The van der Waals surface area contributed by atoms with Gasteiger partial charge in [0.1, 0.15) is 10.5 Å². The summed E-state index contributed by atoms with van der Waals surface area (Å²) in [4.78, 5) is 27.5. The topological polar surface area (TPSA) is 101 Å². The number of hydrogen-bond donors (Lipinski definition) is 1. The molecule has 1 fully saturated rings. The molecule has 10 heteroatoms.